The first-order valence-corrected chi connectivity index (χ1v) is 6.08. The van der Waals surface area contributed by atoms with Gasteiger partial charge in [0.05, 0.1) is 0 Å². The predicted molar refractivity (Wildman–Crippen MR) is 40.4 cm³/mol. The van der Waals surface area contributed by atoms with Gasteiger partial charge in [-0.05, 0) is 12.7 Å². The highest BCUT2D eigenvalue weighted by molar-refractivity contribution is 8.65. The van der Waals surface area contributed by atoms with Gasteiger partial charge in [-0.3, -0.25) is 0 Å². The van der Waals surface area contributed by atoms with Crippen LogP contribution >= 0.6 is 29.8 Å². The number of hydrogen-bond acceptors (Lipinski definition) is 0. The van der Waals surface area contributed by atoms with Gasteiger partial charge in [0.1, 0.15) is 0 Å². The average molecular weight is 161 g/mol. The monoisotopic (exact) mass is 160 g/mol. The van der Waals surface area contributed by atoms with Crippen LogP contribution in [0, 0.1) is 0 Å². The second-order valence-corrected chi connectivity index (χ2v) is 8.29. The summed E-state index contributed by atoms with van der Waals surface area (Å²) >= 11 is 0. The summed E-state index contributed by atoms with van der Waals surface area (Å²) in [7, 11) is 10.1. The Balaban J connectivity index is 3.15. The Morgan fingerprint density at radius 2 is 1.86 bits per heavy atom. The molecule has 0 aromatic carbocycles. The minimum Gasteiger partial charge on any atom is -0.0873 e. The zero-order valence-corrected chi connectivity index (χ0v) is 6.91. The van der Waals surface area contributed by atoms with E-state index in [2.05, 4.69) is 6.92 Å². The van der Waals surface area contributed by atoms with Gasteiger partial charge in [-0.1, -0.05) is 36.7 Å². The van der Waals surface area contributed by atoms with Crippen molar-refractivity contribution in [3.8, 4) is 0 Å². The molecule has 0 radical (unpaired) electrons. The van der Waals surface area contributed by atoms with Crippen LogP contribution in [-0.4, -0.2) is 12.0 Å². The van der Waals surface area contributed by atoms with E-state index in [1.807, 2.05) is 6.26 Å². The van der Waals surface area contributed by atoms with Crippen LogP contribution in [0.4, 0.5) is 0 Å². The number of hydrogen-bond donors (Lipinski definition) is 0. The van der Waals surface area contributed by atoms with E-state index >= 15 is 0 Å². The maximum Gasteiger partial charge on any atom is 0.00249 e. The molecule has 0 nitrogen and oxygen atoms in total. The second-order valence-electron chi connectivity index (χ2n) is 1.58. The quantitative estimate of drug-likeness (QED) is 0.583. The summed E-state index contributed by atoms with van der Waals surface area (Å²) in [5.41, 5.74) is 0. The first kappa shape index (κ1) is 7.93. The third kappa shape index (κ3) is 6.93. The van der Waals surface area contributed by atoms with E-state index in [0.29, 0.717) is 0 Å². The lowest BCUT2D eigenvalue weighted by molar-refractivity contribution is 1.11. The second kappa shape index (κ2) is 3.06. The normalized spacial score (nSPS) is 14.3. The summed E-state index contributed by atoms with van der Waals surface area (Å²) in [6, 6.07) is 0. The van der Waals surface area contributed by atoms with Gasteiger partial charge in [0.2, 0.25) is 0 Å². The van der Waals surface area contributed by atoms with Gasteiger partial charge in [0.15, 0.2) is 0 Å². The lowest BCUT2D eigenvalue weighted by atomic mass is 10.6. The van der Waals surface area contributed by atoms with E-state index in [1.54, 1.807) is 0 Å². The zero-order valence-electron chi connectivity index (χ0n) is 4.58. The van der Waals surface area contributed by atoms with Crippen LogP contribution in [0.1, 0.15) is 13.3 Å². The number of rotatable bonds is 2. The first-order chi connectivity index (χ1) is 3.06. The van der Waals surface area contributed by atoms with E-state index in [-0.39, 0.29) is 0 Å². The summed E-state index contributed by atoms with van der Waals surface area (Å²) in [5, 5.41) is 0. The van der Waals surface area contributed by atoms with Crippen molar-refractivity contribution in [2.75, 3.05) is 12.0 Å². The molecule has 0 aliphatic heterocycles. The molecule has 0 aromatic rings. The van der Waals surface area contributed by atoms with E-state index in [1.165, 1.54) is 0 Å². The van der Waals surface area contributed by atoms with Gasteiger partial charge >= 0.3 is 0 Å². The SMILES string of the molecule is CCCS(C)(Cl)Cl. The van der Waals surface area contributed by atoms with Gasteiger partial charge in [0, 0.05) is 5.75 Å². The highest BCUT2D eigenvalue weighted by atomic mass is 36.0. The largest absolute Gasteiger partial charge is 0.0873 e. The van der Waals surface area contributed by atoms with E-state index < -0.39 is 8.46 Å². The molecule has 0 spiro atoms. The molecule has 0 saturated carbocycles. The van der Waals surface area contributed by atoms with Crippen molar-refractivity contribution in [3.05, 3.63) is 0 Å². The lowest BCUT2D eigenvalue weighted by Crippen LogP contribution is -1.83. The minimum atomic E-state index is -1.23. The Morgan fingerprint density at radius 1 is 1.43 bits per heavy atom. The summed E-state index contributed by atoms with van der Waals surface area (Å²) in [6.45, 7) is 2.08. The molecule has 7 heavy (non-hydrogen) atoms. The lowest BCUT2D eigenvalue weighted by Gasteiger charge is -2.15. The molecule has 0 saturated heterocycles. The Hall–Kier alpha value is 0.930. The van der Waals surface area contributed by atoms with Gasteiger partial charge < -0.3 is 0 Å². The third-order valence-corrected chi connectivity index (χ3v) is 2.61. The molecule has 0 atom stereocenters. The fourth-order valence-electron chi connectivity index (χ4n) is 0.358. The molecular formula is C4H10Cl2S. The molecule has 0 aliphatic rings. The molecule has 0 fully saturated rings. The summed E-state index contributed by atoms with van der Waals surface area (Å²) < 4.78 is 0. The van der Waals surface area contributed by atoms with Crippen molar-refractivity contribution in [2.24, 2.45) is 0 Å². The van der Waals surface area contributed by atoms with Crippen LogP contribution in [-0.2, 0) is 0 Å². The molecule has 0 N–H and O–H groups in total. The molecule has 0 aliphatic carbocycles. The van der Waals surface area contributed by atoms with Crippen LogP contribution in [0.15, 0.2) is 0 Å². The maximum atomic E-state index is 5.68. The van der Waals surface area contributed by atoms with Crippen molar-refractivity contribution in [3.63, 3.8) is 0 Å². The minimum absolute atomic E-state index is 0.954. The summed E-state index contributed by atoms with van der Waals surface area (Å²) in [5.74, 6) is 0.954. The van der Waals surface area contributed by atoms with E-state index in [0.717, 1.165) is 12.2 Å². The molecular weight excluding hydrogens is 151 g/mol. The molecule has 0 heterocycles. The Labute approximate surface area is 55.5 Å². The van der Waals surface area contributed by atoms with E-state index in [4.69, 9.17) is 21.4 Å². The number of halogens is 2. The predicted octanol–water partition coefficient (Wildman–Crippen LogP) is 3.14. The fraction of sp³-hybridized carbons (Fsp3) is 1.00. The molecule has 0 aromatic heterocycles. The van der Waals surface area contributed by atoms with E-state index in [9.17, 15) is 0 Å². The average Bonchev–Trinajstić information content (AvgIpc) is 1.30. The van der Waals surface area contributed by atoms with Crippen molar-refractivity contribution < 1.29 is 0 Å². The van der Waals surface area contributed by atoms with Gasteiger partial charge in [-0.2, -0.15) is 0 Å². The fourth-order valence-corrected chi connectivity index (χ4v) is 2.00. The van der Waals surface area contributed by atoms with Gasteiger partial charge in [-0.15, -0.1) is 0 Å². The highest BCUT2D eigenvalue weighted by Gasteiger charge is 2.05. The molecule has 46 valence electrons. The van der Waals surface area contributed by atoms with Crippen LogP contribution in [0.25, 0.3) is 0 Å². The molecule has 0 unspecified atom stereocenters. The van der Waals surface area contributed by atoms with Crippen molar-refractivity contribution in [1.82, 2.24) is 0 Å². The third-order valence-electron chi connectivity index (χ3n) is 0.563. The highest BCUT2D eigenvalue weighted by Crippen LogP contribution is 2.54. The van der Waals surface area contributed by atoms with Crippen LogP contribution in [0.5, 0.6) is 0 Å². The van der Waals surface area contributed by atoms with Gasteiger partial charge in [-0.25, -0.2) is 0 Å². The Kier molecular flexibility index (Phi) is 3.46. The zero-order chi connectivity index (χ0) is 5.91. The van der Waals surface area contributed by atoms with Crippen LogP contribution in [0.3, 0.4) is 0 Å². The molecule has 0 bridgehead atoms. The molecule has 0 rings (SSSR count). The Bertz CT molecular complexity index is 48.1. The van der Waals surface area contributed by atoms with Crippen molar-refractivity contribution >= 4 is 29.8 Å². The van der Waals surface area contributed by atoms with Crippen LogP contribution in [0.2, 0.25) is 0 Å². The standard InChI is InChI=1S/C4H10Cl2S/c1-3-4-7(2,5)6/h3-4H2,1-2H3. The summed E-state index contributed by atoms with van der Waals surface area (Å²) in [6.07, 6.45) is 2.97. The van der Waals surface area contributed by atoms with Crippen molar-refractivity contribution in [1.29, 1.82) is 0 Å². The maximum absolute atomic E-state index is 5.68. The molecule has 3 heteroatoms. The smallest absolute Gasteiger partial charge is 0.00249 e. The Morgan fingerprint density at radius 3 is 1.86 bits per heavy atom. The van der Waals surface area contributed by atoms with Gasteiger partial charge in [0.25, 0.3) is 0 Å². The summed E-state index contributed by atoms with van der Waals surface area (Å²) in [4.78, 5) is 0. The van der Waals surface area contributed by atoms with Crippen LogP contribution < -0.4 is 0 Å². The molecule has 0 amide bonds. The first-order valence-electron chi connectivity index (χ1n) is 2.21. The topological polar surface area (TPSA) is 0 Å². The van der Waals surface area contributed by atoms with Crippen molar-refractivity contribution in [2.45, 2.75) is 13.3 Å².